The van der Waals surface area contributed by atoms with Gasteiger partial charge in [0.2, 0.25) is 5.91 Å². The number of para-hydroxylation sites is 2. The number of anilines is 1. The van der Waals surface area contributed by atoms with E-state index >= 15 is 0 Å². The van der Waals surface area contributed by atoms with E-state index in [1.807, 2.05) is 24.3 Å². The SMILES string of the molecule is COc1ccccc1NC(=S)NC(=O)CC1CCCC1. The molecular formula is C15H20N2O2S. The molecule has 4 nitrogen and oxygen atoms in total. The average molecular weight is 292 g/mol. The molecule has 2 N–H and O–H groups in total. The number of hydrogen-bond donors (Lipinski definition) is 2. The summed E-state index contributed by atoms with van der Waals surface area (Å²) < 4.78 is 5.22. The molecule has 0 saturated heterocycles. The summed E-state index contributed by atoms with van der Waals surface area (Å²) in [7, 11) is 1.60. The van der Waals surface area contributed by atoms with Crippen LogP contribution >= 0.6 is 12.2 Å². The van der Waals surface area contributed by atoms with Crippen molar-refractivity contribution < 1.29 is 9.53 Å². The molecule has 0 radical (unpaired) electrons. The summed E-state index contributed by atoms with van der Waals surface area (Å²) in [5, 5.41) is 6.04. The Labute approximate surface area is 124 Å². The highest BCUT2D eigenvalue weighted by Crippen LogP contribution is 2.27. The maximum atomic E-state index is 11.9. The molecular weight excluding hydrogens is 272 g/mol. The molecule has 1 amide bonds. The van der Waals surface area contributed by atoms with Crippen LogP contribution in [-0.2, 0) is 4.79 Å². The summed E-state index contributed by atoms with van der Waals surface area (Å²) in [5.74, 6) is 1.20. The highest BCUT2D eigenvalue weighted by Gasteiger charge is 2.19. The van der Waals surface area contributed by atoms with Gasteiger partial charge >= 0.3 is 0 Å². The first-order chi connectivity index (χ1) is 9.69. The van der Waals surface area contributed by atoms with Crippen LogP contribution in [-0.4, -0.2) is 18.1 Å². The van der Waals surface area contributed by atoms with E-state index in [1.165, 1.54) is 12.8 Å². The number of hydrogen-bond acceptors (Lipinski definition) is 3. The third-order valence-electron chi connectivity index (χ3n) is 3.56. The van der Waals surface area contributed by atoms with Crippen molar-refractivity contribution in [3.05, 3.63) is 24.3 Å². The van der Waals surface area contributed by atoms with Crippen LogP contribution in [0.25, 0.3) is 0 Å². The van der Waals surface area contributed by atoms with Crippen molar-refractivity contribution in [3.63, 3.8) is 0 Å². The van der Waals surface area contributed by atoms with Gasteiger partial charge in [0.15, 0.2) is 5.11 Å². The fourth-order valence-corrected chi connectivity index (χ4v) is 2.78. The quantitative estimate of drug-likeness (QED) is 0.837. The second kappa shape index (κ2) is 7.24. The predicted octanol–water partition coefficient (Wildman–Crippen LogP) is 3.09. The van der Waals surface area contributed by atoms with Crippen molar-refractivity contribution in [1.82, 2.24) is 5.32 Å². The number of carbonyl (C=O) groups excluding carboxylic acids is 1. The highest BCUT2D eigenvalue weighted by molar-refractivity contribution is 7.80. The van der Waals surface area contributed by atoms with E-state index in [2.05, 4.69) is 10.6 Å². The summed E-state index contributed by atoms with van der Waals surface area (Å²) in [6, 6.07) is 7.46. The van der Waals surface area contributed by atoms with Crippen LogP contribution in [0.3, 0.4) is 0 Å². The lowest BCUT2D eigenvalue weighted by Crippen LogP contribution is -2.35. The standard InChI is InChI=1S/C15H20N2O2S/c1-19-13-9-5-4-8-12(13)16-15(20)17-14(18)10-11-6-2-3-7-11/h4-5,8-9,11H,2-3,6-7,10H2,1H3,(H2,16,17,18,20). The van der Waals surface area contributed by atoms with Crippen molar-refractivity contribution in [1.29, 1.82) is 0 Å². The van der Waals surface area contributed by atoms with Gasteiger partial charge in [0.05, 0.1) is 12.8 Å². The average Bonchev–Trinajstić information content (AvgIpc) is 2.91. The van der Waals surface area contributed by atoms with Gasteiger partial charge < -0.3 is 15.4 Å². The minimum atomic E-state index is -0.00991. The van der Waals surface area contributed by atoms with E-state index in [-0.39, 0.29) is 5.91 Å². The number of thiocarbonyl (C=S) groups is 1. The van der Waals surface area contributed by atoms with Crippen LogP contribution in [0, 0.1) is 5.92 Å². The lowest BCUT2D eigenvalue weighted by atomic mass is 10.0. The molecule has 5 heteroatoms. The van der Waals surface area contributed by atoms with Crippen molar-refractivity contribution in [3.8, 4) is 5.75 Å². The van der Waals surface area contributed by atoms with E-state index in [4.69, 9.17) is 17.0 Å². The van der Waals surface area contributed by atoms with Gasteiger partial charge in [-0.3, -0.25) is 4.79 Å². The summed E-state index contributed by atoms with van der Waals surface area (Å²) in [6.07, 6.45) is 5.34. The Morgan fingerprint density at radius 1 is 1.35 bits per heavy atom. The van der Waals surface area contributed by atoms with Crippen LogP contribution in [0.5, 0.6) is 5.75 Å². The number of carbonyl (C=O) groups is 1. The van der Waals surface area contributed by atoms with Crippen molar-refractivity contribution in [2.45, 2.75) is 32.1 Å². The topological polar surface area (TPSA) is 50.4 Å². The summed E-state index contributed by atoms with van der Waals surface area (Å²) in [6.45, 7) is 0. The first kappa shape index (κ1) is 14.8. The zero-order valence-electron chi connectivity index (χ0n) is 11.6. The first-order valence-electron chi connectivity index (χ1n) is 6.93. The Morgan fingerprint density at radius 3 is 2.75 bits per heavy atom. The fraction of sp³-hybridized carbons (Fsp3) is 0.467. The van der Waals surface area contributed by atoms with Crippen LogP contribution in [0.2, 0.25) is 0 Å². The van der Waals surface area contributed by atoms with Crippen molar-refractivity contribution >= 4 is 28.9 Å². The Balaban J connectivity index is 1.83. The second-order valence-corrected chi connectivity index (χ2v) is 5.47. The second-order valence-electron chi connectivity index (χ2n) is 5.06. The molecule has 0 aliphatic heterocycles. The van der Waals surface area contributed by atoms with Crippen molar-refractivity contribution in [2.24, 2.45) is 5.92 Å². The minimum absolute atomic E-state index is 0.00991. The van der Waals surface area contributed by atoms with E-state index in [0.29, 0.717) is 23.2 Å². The minimum Gasteiger partial charge on any atom is -0.495 e. The van der Waals surface area contributed by atoms with Gasteiger partial charge in [-0.2, -0.15) is 0 Å². The van der Waals surface area contributed by atoms with E-state index in [0.717, 1.165) is 18.5 Å². The Kier molecular flexibility index (Phi) is 5.35. The molecule has 0 bridgehead atoms. The first-order valence-corrected chi connectivity index (χ1v) is 7.33. The Bertz CT molecular complexity index is 485. The fourth-order valence-electron chi connectivity index (χ4n) is 2.56. The molecule has 1 aliphatic carbocycles. The lowest BCUT2D eigenvalue weighted by Gasteiger charge is -2.13. The van der Waals surface area contributed by atoms with Gasteiger partial charge in [-0.15, -0.1) is 0 Å². The molecule has 0 aromatic heterocycles. The molecule has 0 heterocycles. The van der Waals surface area contributed by atoms with Gasteiger partial charge in [0.25, 0.3) is 0 Å². The highest BCUT2D eigenvalue weighted by atomic mass is 32.1. The molecule has 0 atom stereocenters. The van der Waals surface area contributed by atoms with Crippen LogP contribution in [0.15, 0.2) is 24.3 Å². The van der Waals surface area contributed by atoms with Crippen LogP contribution < -0.4 is 15.4 Å². The number of amides is 1. The zero-order valence-corrected chi connectivity index (χ0v) is 12.5. The normalized spacial score (nSPS) is 14.8. The van der Waals surface area contributed by atoms with Crippen LogP contribution in [0.1, 0.15) is 32.1 Å². The summed E-state index contributed by atoms with van der Waals surface area (Å²) in [5.41, 5.74) is 0.751. The smallest absolute Gasteiger partial charge is 0.226 e. The Hall–Kier alpha value is -1.62. The number of benzene rings is 1. The molecule has 2 rings (SSSR count). The van der Waals surface area contributed by atoms with Gasteiger partial charge in [0.1, 0.15) is 5.75 Å². The molecule has 1 aromatic carbocycles. The van der Waals surface area contributed by atoms with Gasteiger partial charge in [-0.1, -0.05) is 25.0 Å². The molecule has 1 aliphatic rings. The van der Waals surface area contributed by atoms with Gasteiger partial charge in [-0.25, -0.2) is 0 Å². The number of nitrogens with one attached hydrogen (secondary N) is 2. The predicted molar refractivity (Wildman–Crippen MR) is 83.9 cm³/mol. The van der Waals surface area contributed by atoms with Crippen LogP contribution in [0.4, 0.5) is 5.69 Å². The molecule has 0 spiro atoms. The number of methoxy groups -OCH3 is 1. The molecule has 1 aromatic rings. The molecule has 1 fully saturated rings. The molecule has 108 valence electrons. The number of rotatable bonds is 4. The maximum absolute atomic E-state index is 11.9. The van der Waals surface area contributed by atoms with E-state index in [9.17, 15) is 4.79 Å². The molecule has 0 unspecified atom stereocenters. The van der Waals surface area contributed by atoms with E-state index < -0.39 is 0 Å². The maximum Gasteiger partial charge on any atom is 0.226 e. The van der Waals surface area contributed by atoms with E-state index in [1.54, 1.807) is 7.11 Å². The summed E-state index contributed by atoms with van der Waals surface area (Å²) in [4.78, 5) is 11.9. The van der Waals surface area contributed by atoms with Gasteiger partial charge in [0, 0.05) is 6.42 Å². The molecule has 1 saturated carbocycles. The third kappa shape index (κ3) is 4.20. The largest absolute Gasteiger partial charge is 0.495 e. The summed E-state index contributed by atoms with van der Waals surface area (Å²) >= 11 is 5.16. The zero-order chi connectivity index (χ0) is 14.4. The van der Waals surface area contributed by atoms with Gasteiger partial charge in [-0.05, 0) is 43.1 Å². The third-order valence-corrected chi connectivity index (χ3v) is 3.76. The Morgan fingerprint density at radius 2 is 2.05 bits per heavy atom. The molecule has 20 heavy (non-hydrogen) atoms. The van der Waals surface area contributed by atoms with Crippen molar-refractivity contribution in [2.75, 3.05) is 12.4 Å². The lowest BCUT2D eigenvalue weighted by molar-refractivity contribution is -0.120. The monoisotopic (exact) mass is 292 g/mol. The number of ether oxygens (including phenoxy) is 1.